The van der Waals surface area contributed by atoms with Crippen molar-refractivity contribution in [2.45, 2.75) is 56.7 Å². The van der Waals surface area contributed by atoms with Crippen LogP contribution in [-0.2, 0) is 0 Å². The van der Waals surface area contributed by atoms with Crippen LogP contribution in [0.2, 0.25) is 0 Å². The van der Waals surface area contributed by atoms with Crippen molar-refractivity contribution in [2.24, 2.45) is 0 Å². The second-order valence-corrected chi connectivity index (χ2v) is 6.80. The van der Waals surface area contributed by atoms with E-state index in [1.165, 1.54) is 63.1 Å². The molecule has 3 heteroatoms. The number of hydrogen-bond acceptors (Lipinski definition) is 3. The van der Waals surface area contributed by atoms with Crippen molar-refractivity contribution >= 4 is 11.8 Å². The number of thioether (sulfide) groups is 1. The molecular formula is C13H24N2S. The second kappa shape index (κ2) is 5.28. The van der Waals surface area contributed by atoms with E-state index in [2.05, 4.69) is 22.0 Å². The molecule has 1 saturated carbocycles. The van der Waals surface area contributed by atoms with E-state index in [-0.39, 0.29) is 0 Å². The third kappa shape index (κ3) is 2.57. The van der Waals surface area contributed by atoms with E-state index in [4.69, 9.17) is 0 Å². The smallest absolute Gasteiger partial charge is 0.0210 e. The van der Waals surface area contributed by atoms with Gasteiger partial charge in [-0.25, -0.2) is 0 Å². The van der Waals surface area contributed by atoms with Crippen LogP contribution in [0.3, 0.4) is 0 Å². The molecule has 1 N–H and O–H groups in total. The Hall–Kier alpha value is 0.270. The Morgan fingerprint density at radius 2 is 1.88 bits per heavy atom. The minimum absolute atomic E-state index is 0.796. The van der Waals surface area contributed by atoms with Crippen LogP contribution in [0.15, 0.2) is 0 Å². The lowest BCUT2D eigenvalue weighted by molar-refractivity contribution is 0.238. The fourth-order valence-electron chi connectivity index (χ4n) is 3.52. The van der Waals surface area contributed by atoms with Gasteiger partial charge in [-0.1, -0.05) is 12.8 Å². The van der Waals surface area contributed by atoms with Crippen LogP contribution in [0.4, 0.5) is 0 Å². The molecule has 2 atom stereocenters. The zero-order valence-electron chi connectivity index (χ0n) is 10.2. The number of likely N-dealkylation sites (tertiary alicyclic amines) is 1. The van der Waals surface area contributed by atoms with Gasteiger partial charge in [-0.3, -0.25) is 4.90 Å². The van der Waals surface area contributed by atoms with E-state index < -0.39 is 0 Å². The van der Waals surface area contributed by atoms with Crippen molar-refractivity contribution in [3.8, 4) is 0 Å². The average molecular weight is 240 g/mol. The molecule has 0 aromatic rings. The maximum Gasteiger partial charge on any atom is 0.0210 e. The topological polar surface area (TPSA) is 15.3 Å². The van der Waals surface area contributed by atoms with Crippen LogP contribution in [0.5, 0.6) is 0 Å². The van der Waals surface area contributed by atoms with Crippen LogP contribution in [-0.4, -0.2) is 47.6 Å². The first kappa shape index (κ1) is 11.4. The summed E-state index contributed by atoms with van der Waals surface area (Å²) in [6, 6.07) is 2.55. The number of nitrogens with one attached hydrogen (secondary N) is 1. The molecule has 3 fully saturated rings. The Balaban J connectivity index is 1.45. The Morgan fingerprint density at radius 3 is 2.62 bits per heavy atom. The second-order valence-electron chi connectivity index (χ2n) is 5.65. The van der Waals surface area contributed by atoms with Crippen molar-refractivity contribution in [3.63, 3.8) is 0 Å². The molecule has 1 aliphatic carbocycles. The molecule has 2 heterocycles. The minimum atomic E-state index is 0.796. The lowest BCUT2D eigenvalue weighted by atomic mass is 10.2. The molecule has 2 saturated heterocycles. The molecule has 0 aromatic heterocycles. The maximum atomic E-state index is 3.87. The highest BCUT2D eigenvalue weighted by atomic mass is 32.2. The van der Waals surface area contributed by atoms with Gasteiger partial charge in [-0.15, -0.1) is 0 Å². The molecule has 0 radical (unpaired) electrons. The molecule has 0 amide bonds. The minimum Gasteiger partial charge on any atom is -0.309 e. The Bertz CT molecular complexity index is 222. The molecule has 3 aliphatic rings. The predicted molar refractivity (Wildman–Crippen MR) is 71.1 cm³/mol. The molecule has 3 rings (SSSR count). The SMILES string of the molecule is C1CCC(N2CCC(NC3CCSC3)C2)C1. The van der Waals surface area contributed by atoms with Crippen LogP contribution < -0.4 is 5.32 Å². The van der Waals surface area contributed by atoms with E-state index in [0.717, 1.165) is 18.1 Å². The highest BCUT2D eigenvalue weighted by Crippen LogP contribution is 2.27. The van der Waals surface area contributed by atoms with Crippen LogP contribution in [0, 0.1) is 0 Å². The van der Waals surface area contributed by atoms with Crippen molar-refractivity contribution < 1.29 is 0 Å². The van der Waals surface area contributed by atoms with Gasteiger partial charge in [-0.2, -0.15) is 11.8 Å². The van der Waals surface area contributed by atoms with Gasteiger partial charge >= 0.3 is 0 Å². The zero-order chi connectivity index (χ0) is 10.8. The van der Waals surface area contributed by atoms with Gasteiger partial charge in [0.15, 0.2) is 0 Å². The van der Waals surface area contributed by atoms with Crippen LogP contribution in [0.25, 0.3) is 0 Å². The molecular weight excluding hydrogens is 216 g/mol. The lowest BCUT2D eigenvalue weighted by Gasteiger charge is -2.24. The summed E-state index contributed by atoms with van der Waals surface area (Å²) < 4.78 is 0. The summed E-state index contributed by atoms with van der Waals surface area (Å²) in [7, 11) is 0. The summed E-state index contributed by atoms with van der Waals surface area (Å²) in [6.45, 7) is 2.67. The van der Waals surface area contributed by atoms with E-state index >= 15 is 0 Å². The average Bonchev–Trinajstić information content (AvgIpc) is 2.99. The summed E-state index contributed by atoms with van der Waals surface area (Å²) in [6.07, 6.45) is 8.65. The quantitative estimate of drug-likeness (QED) is 0.813. The molecule has 0 aromatic carbocycles. The summed E-state index contributed by atoms with van der Waals surface area (Å²) >= 11 is 2.12. The van der Waals surface area contributed by atoms with Crippen molar-refractivity contribution in [2.75, 3.05) is 24.6 Å². The van der Waals surface area contributed by atoms with E-state index in [1.54, 1.807) is 0 Å². The predicted octanol–water partition coefficient (Wildman–Crippen LogP) is 2.10. The van der Waals surface area contributed by atoms with E-state index in [1.807, 2.05) is 0 Å². The van der Waals surface area contributed by atoms with Crippen LogP contribution >= 0.6 is 11.8 Å². The molecule has 0 bridgehead atoms. The Kier molecular flexibility index (Phi) is 3.75. The molecule has 2 nitrogen and oxygen atoms in total. The van der Waals surface area contributed by atoms with E-state index in [9.17, 15) is 0 Å². The highest BCUT2D eigenvalue weighted by Gasteiger charge is 2.31. The third-order valence-electron chi connectivity index (χ3n) is 4.46. The van der Waals surface area contributed by atoms with Crippen molar-refractivity contribution in [1.82, 2.24) is 10.2 Å². The summed E-state index contributed by atoms with van der Waals surface area (Å²) in [4.78, 5) is 2.76. The van der Waals surface area contributed by atoms with Crippen molar-refractivity contribution in [1.29, 1.82) is 0 Å². The van der Waals surface area contributed by atoms with Gasteiger partial charge < -0.3 is 5.32 Å². The zero-order valence-corrected chi connectivity index (χ0v) is 11.0. The lowest BCUT2D eigenvalue weighted by Crippen LogP contribution is -2.41. The first-order valence-electron chi connectivity index (χ1n) is 6.99. The number of rotatable bonds is 3. The summed E-state index contributed by atoms with van der Waals surface area (Å²) in [5.41, 5.74) is 0. The highest BCUT2D eigenvalue weighted by molar-refractivity contribution is 7.99. The molecule has 2 aliphatic heterocycles. The summed E-state index contributed by atoms with van der Waals surface area (Å²) in [5, 5.41) is 3.87. The largest absolute Gasteiger partial charge is 0.309 e. The molecule has 92 valence electrons. The fraction of sp³-hybridized carbons (Fsp3) is 1.00. The van der Waals surface area contributed by atoms with E-state index in [0.29, 0.717) is 0 Å². The summed E-state index contributed by atoms with van der Waals surface area (Å²) in [5.74, 6) is 2.72. The van der Waals surface area contributed by atoms with Gasteiger partial charge in [0.1, 0.15) is 0 Å². The Morgan fingerprint density at radius 1 is 1.00 bits per heavy atom. The number of nitrogens with zero attached hydrogens (tertiary/aromatic N) is 1. The van der Waals surface area contributed by atoms with Gasteiger partial charge in [-0.05, 0) is 31.4 Å². The standard InChI is InChI=1S/C13H24N2S/c1-2-4-13(3-1)15-7-5-11(9-15)14-12-6-8-16-10-12/h11-14H,1-10H2. The fourth-order valence-corrected chi connectivity index (χ4v) is 4.69. The van der Waals surface area contributed by atoms with Crippen molar-refractivity contribution in [3.05, 3.63) is 0 Å². The molecule has 2 unspecified atom stereocenters. The maximum absolute atomic E-state index is 3.87. The van der Waals surface area contributed by atoms with Crippen LogP contribution in [0.1, 0.15) is 38.5 Å². The van der Waals surface area contributed by atoms with Gasteiger partial charge in [0, 0.05) is 37.0 Å². The normalized spacial score (nSPS) is 37.5. The molecule has 0 spiro atoms. The monoisotopic (exact) mass is 240 g/mol. The number of hydrogen-bond donors (Lipinski definition) is 1. The Labute approximate surface area is 104 Å². The van der Waals surface area contributed by atoms with Gasteiger partial charge in [0.05, 0.1) is 0 Å². The third-order valence-corrected chi connectivity index (χ3v) is 5.62. The first-order chi connectivity index (χ1) is 7.92. The van der Waals surface area contributed by atoms with Gasteiger partial charge in [0.2, 0.25) is 0 Å². The van der Waals surface area contributed by atoms with Gasteiger partial charge in [0.25, 0.3) is 0 Å². The first-order valence-corrected chi connectivity index (χ1v) is 8.15. The molecule has 16 heavy (non-hydrogen) atoms.